The van der Waals surface area contributed by atoms with Crippen LogP contribution in [0.1, 0.15) is 29.9 Å². The average molecular weight is 266 g/mol. The molecule has 6 nitrogen and oxygen atoms in total. The van der Waals surface area contributed by atoms with E-state index in [1.165, 1.54) is 12.3 Å². The lowest BCUT2D eigenvalue weighted by Crippen LogP contribution is -2.37. The van der Waals surface area contributed by atoms with Crippen molar-refractivity contribution in [3.05, 3.63) is 33.7 Å². The molecule has 6 heteroatoms. The molecule has 0 fully saturated rings. The van der Waals surface area contributed by atoms with E-state index in [0.29, 0.717) is 5.69 Å². The Morgan fingerprint density at radius 1 is 1.42 bits per heavy atom. The molecule has 0 aliphatic heterocycles. The fraction of sp³-hybridized carbons (Fsp3) is 0.462. The Labute approximate surface area is 110 Å². The molecule has 104 valence electrons. The van der Waals surface area contributed by atoms with Crippen LogP contribution < -0.4 is 10.7 Å². The molecule has 1 atom stereocenters. The third-order valence-electron chi connectivity index (χ3n) is 2.91. The van der Waals surface area contributed by atoms with E-state index in [0.717, 1.165) is 0 Å². The third kappa shape index (κ3) is 3.94. The van der Waals surface area contributed by atoms with E-state index in [-0.39, 0.29) is 23.5 Å². The molecule has 0 aromatic carbocycles. The van der Waals surface area contributed by atoms with Gasteiger partial charge in [-0.1, -0.05) is 13.8 Å². The number of carboxylic acid groups (broad SMARTS) is 1. The highest BCUT2D eigenvalue weighted by Crippen LogP contribution is 2.09. The van der Waals surface area contributed by atoms with Crippen molar-refractivity contribution in [3.63, 3.8) is 0 Å². The lowest BCUT2D eigenvalue weighted by molar-refractivity contribution is -0.142. The van der Waals surface area contributed by atoms with Gasteiger partial charge in [0.15, 0.2) is 5.43 Å². The van der Waals surface area contributed by atoms with Crippen LogP contribution in [0.25, 0.3) is 0 Å². The number of nitrogens with one attached hydrogen (secondary N) is 2. The summed E-state index contributed by atoms with van der Waals surface area (Å²) in [6.07, 6.45) is 1.33. The summed E-state index contributed by atoms with van der Waals surface area (Å²) < 4.78 is 0. The van der Waals surface area contributed by atoms with Gasteiger partial charge < -0.3 is 15.4 Å². The van der Waals surface area contributed by atoms with Crippen LogP contribution >= 0.6 is 0 Å². The van der Waals surface area contributed by atoms with Gasteiger partial charge in [-0.15, -0.1) is 0 Å². The first-order valence-electron chi connectivity index (χ1n) is 6.03. The number of aryl methyl sites for hydroxylation is 1. The van der Waals surface area contributed by atoms with Crippen molar-refractivity contribution in [3.8, 4) is 0 Å². The normalized spacial score (nSPS) is 12.2. The number of hydrogen-bond donors (Lipinski definition) is 3. The molecule has 0 aliphatic carbocycles. The first-order valence-corrected chi connectivity index (χ1v) is 6.03. The molecule has 1 aromatic heterocycles. The molecule has 0 bridgehead atoms. The minimum absolute atomic E-state index is 0.000843. The van der Waals surface area contributed by atoms with Crippen molar-refractivity contribution < 1.29 is 14.7 Å². The second kappa shape index (κ2) is 6.17. The minimum Gasteiger partial charge on any atom is -0.481 e. The Morgan fingerprint density at radius 2 is 2.05 bits per heavy atom. The van der Waals surface area contributed by atoms with Crippen LogP contribution in [0.2, 0.25) is 0 Å². The Morgan fingerprint density at radius 3 is 2.53 bits per heavy atom. The number of rotatable bonds is 5. The summed E-state index contributed by atoms with van der Waals surface area (Å²) in [6, 6.07) is 1.33. The molecular formula is C13H18N2O4. The number of aromatic amines is 1. The Kier molecular flexibility index (Phi) is 4.86. The molecule has 0 saturated carbocycles. The molecule has 0 aliphatic rings. The zero-order valence-electron chi connectivity index (χ0n) is 11.2. The van der Waals surface area contributed by atoms with Gasteiger partial charge in [-0.2, -0.15) is 0 Å². The van der Waals surface area contributed by atoms with Crippen LogP contribution in [0.3, 0.4) is 0 Å². The number of pyridine rings is 1. The molecular weight excluding hydrogens is 248 g/mol. The summed E-state index contributed by atoms with van der Waals surface area (Å²) in [4.78, 5) is 37.2. The van der Waals surface area contributed by atoms with Gasteiger partial charge in [0.25, 0.3) is 5.91 Å². The van der Waals surface area contributed by atoms with Crippen LogP contribution in [0.15, 0.2) is 17.1 Å². The van der Waals surface area contributed by atoms with Gasteiger partial charge in [0.1, 0.15) is 5.56 Å². The smallest absolute Gasteiger partial charge is 0.308 e. The van der Waals surface area contributed by atoms with Gasteiger partial charge in [0, 0.05) is 24.5 Å². The zero-order valence-corrected chi connectivity index (χ0v) is 11.2. The highest BCUT2D eigenvalue weighted by molar-refractivity contribution is 5.94. The fourth-order valence-corrected chi connectivity index (χ4v) is 1.66. The molecule has 0 spiro atoms. The van der Waals surface area contributed by atoms with E-state index in [2.05, 4.69) is 10.3 Å². The summed E-state index contributed by atoms with van der Waals surface area (Å²) in [5.74, 6) is -2.30. The van der Waals surface area contributed by atoms with Crippen LogP contribution in [0.5, 0.6) is 0 Å². The maximum atomic E-state index is 11.8. The quantitative estimate of drug-likeness (QED) is 0.733. The summed E-state index contributed by atoms with van der Waals surface area (Å²) in [5.41, 5.74) is 0.260. The third-order valence-corrected chi connectivity index (χ3v) is 2.91. The second-order valence-electron chi connectivity index (χ2n) is 4.79. The number of amides is 1. The van der Waals surface area contributed by atoms with Crippen LogP contribution in [0, 0.1) is 18.8 Å². The fourth-order valence-electron chi connectivity index (χ4n) is 1.66. The number of H-pyrrole nitrogens is 1. The van der Waals surface area contributed by atoms with Crippen LogP contribution in [-0.2, 0) is 4.79 Å². The molecule has 1 aromatic rings. The lowest BCUT2D eigenvalue weighted by atomic mass is 9.96. The molecule has 3 N–H and O–H groups in total. The molecule has 0 radical (unpaired) electrons. The Hall–Kier alpha value is -2.11. The van der Waals surface area contributed by atoms with E-state index in [4.69, 9.17) is 5.11 Å². The minimum atomic E-state index is -0.965. The van der Waals surface area contributed by atoms with Crippen LogP contribution in [0.4, 0.5) is 0 Å². The van der Waals surface area contributed by atoms with Gasteiger partial charge in [-0.25, -0.2) is 0 Å². The summed E-state index contributed by atoms with van der Waals surface area (Å²) in [6.45, 7) is 5.24. The highest BCUT2D eigenvalue weighted by atomic mass is 16.4. The van der Waals surface area contributed by atoms with Gasteiger partial charge in [-0.3, -0.25) is 14.4 Å². The van der Waals surface area contributed by atoms with Gasteiger partial charge in [0.05, 0.1) is 5.92 Å². The Bertz CT molecular complexity index is 534. The summed E-state index contributed by atoms with van der Waals surface area (Å²) in [7, 11) is 0. The van der Waals surface area contributed by atoms with E-state index >= 15 is 0 Å². The van der Waals surface area contributed by atoms with Crippen molar-refractivity contribution in [1.82, 2.24) is 10.3 Å². The monoisotopic (exact) mass is 266 g/mol. The molecule has 1 heterocycles. The standard InChI is InChI=1S/C13H18N2O4/c1-7(2)9(13(18)19)5-15-12(17)10-6-14-8(3)4-11(10)16/h4,6-7,9H,5H2,1-3H3,(H,14,16)(H,15,17)(H,18,19). The molecule has 19 heavy (non-hydrogen) atoms. The number of carbonyl (C=O) groups is 2. The second-order valence-corrected chi connectivity index (χ2v) is 4.79. The zero-order chi connectivity index (χ0) is 14.6. The summed E-state index contributed by atoms with van der Waals surface area (Å²) in [5, 5.41) is 11.5. The van der Waals surface area contributed by atoms with Crippen molar-refractivity contribution in [2.75, 3.05) is 6.54 Å². The van der Waals surface area contributed by atoms with Crippen molar-refractivity contribution in [2.24, 2.45) is 11.8 Å². The predicted molar refractivity (Wildman–Crippen MR) is 70.1 cm³/mol. The van der Waals surface area contributed by atoms with E-state index in [1.54, 1.807) is 20.8 Å². The SMILES string of the molecule is Cc1cc(=O)c(C(=O)NCC(C(=O)O)C(C)C)c[nH]1. The first-order chi connectivity index (χ1) is 8.82. The van der Waals surface area contributed by atoms with Gasteiger partial charge in [-0.05, 0) is 12.8 Å². The van der Waals surface area contributed by atoms with Crippen molar-refractivity contribution >= 4 is 11.9 Å². The van der Waals surface area contributed by atoms with Crippen molar-refractivity contribution in [2.45, 2.75) is 20.8 Å². The number of aliphatic carboxylic acids is 1. The molecule has 0 saturated heterocycles. The van der Waals surface area contributed by atoms with E-state index in [1.807, 2.05) is 0 Å². The maximum Gasteiger partial charge on any atom is 0.308 e. The topological polar surface area (TPSA) is 99.3 Å². The molecule has 1 amide bonds. The van der Waals surface area contributed by atoms with Crippen molar-refractivity contribution in [1.29, 1.82) is 0 Å². The largest absolute Gasteiger partial charge is 0.481 e. The average Bonchev–Trinajstić information content (AvgIpc) is 2.27. The maximum absolute atomic E-state index is 11.8. The Balaban J connectivity index is 2.75. The van der Waals surface area contributed by atoms with E-state index in [9.17, 15) is 14.4 Å². The highest BCUT2D eigenvalue weighted by Gasteiger charge is 2.22. The molecule has 1 unspecified atom stereocenters. The number of aromatic nitrogens is 1. The summed E-state index contributed by atoms with van der Waals surface area (Å²) >= 11 is 0. The lowest BCUT2D eigenvalue weighted by Gasteiger charge is -2.16. The van der Waals surface area contributed by atoms with E-state index < -0.39 is 17.8 Å². The number of carbonyl (C=O) groups excluding carboxylic acids is 1. The van der Waals surface area contributed by atoms with Gasteiger partial charge in [0.2, 0.25) is 0 Å². The number of carboxylic acids is 1. The van der Waals surface area contributed by atoms with Crippen LogP contribution in [-0.4, -0.2) is 28.5 Å². The van der Waals surface area contributed by atoms with Gasteiger partial charge >= 0.3 is 5.97 Å². The predicted octanol–water partition coefficient (Wildman–Crippen LogP) is 0.770. The first kappa shape index (κ1) is 14.9. The number of hydrogen-bond acceptors (Lipinski definition) is 3. The molecule has 1 rings (SSSR count).